The van der Waals surface area contributed by atoms with Crippen LogP contribution in [0.1, 0.15) is 33.6 Å². The summed E-state index contributed by atoms with van der Waals surface area (Å²) in [6.07, 6.45) is 2.30. The third-order valence-electron chi connectivity index (χ3n) is 4.08. The van der Waals surface area contributed by atoms with Gasteiger partial charge in [0.05, 0.1) is 12.5 Å². The summed E-state index contributed by atoms with van der Waals surface area (Å²) in [4.78, 5) is 25.0. The minimum Gasteiger partial charge on any atom is -0.481 e. The second-order valence-corrected chi connectivity index (χ2v) is 5.63. The molecule has 1 rings (SSSR count). The number of urea groups is 1. The highest BCUT2D eigenvalue weighted by Gasteiger charge is 2.35. The van der Waals surface area contributed by atoms with Crippen molar-refractivity contribution in [3.8, 4) is 0 Å². The highest BCUT2D eigenvalue weighted by atomic mass is 16.5. The van der Waals surface area contributed by atoms with Gasteiger partial charge in [-0.05, 0) is 39.5 Å². The molecule has 0 aromatic rings. The number of carbonyl (C=O) groups is 2. The van der Waals surface area contributed by atoms with E-state index in [4.69, 9.17) is 9.84 Å². The van der Waals surface area contributed by atoms with Gasteiger partial charge in [-0.1, -0.05) is 0 Å². The summed E-state index contributed by atoms with van der Waals surface area (Å²) in [5.74, 6) is -0.958. The van der Waals surface area contributed by atoms with Gasteiger partial charge in [0.2, 0.25) is 0 Å². The van der Waals surface area contributed by atoms with Gasteiger partial charge in [0, 0.05) is 25.7 Å². The van der Waals surface area contributed by atoms with E-state index in [1.807, 2.05) is 6.92 Å². The number of rotatable bonds is 8. The fraction of sp³-hybridized carbons (Fsp3) is 0.857. The Hall–Kier alpha value is -1.30. The van der Waals surface area contributed by atoms with Gasteiger partial charge in [-0.3, -0.25) is 4.79 Å². The number of carbonyl (C=O) groups excluding carboxylic acids is 1. The Balaban J connectivity index is 2.59. The van der Waals surface area contributed by atoms with Crippen molar-refractivity contribution < 1.29 is 19.4 Å². The van der Waals surface area contributed by atoms with Crippen molar-refractivity contribution in [3.63, 3.8) is 0 Å². The molecule has 0 aromatic carbocycles. The van der Waals surface area contributed by atoms with Crippen molar-refractivity contribution in [1.82, 2.24) is 10.2 Å². The predicted octanol–water partition coefficient (Wildman–Crippen LogP) is 1.55. The molecule has 2 amide bonds. The van der Waals surface area contributed by atoms with E-state index in [1.54, 1.807) is 25.9 Å². The summed E-state index contributed by atoms with van der Waals surface area (Å²) in [5, 5.41) is 11.8. The van der Waals surface area contributed by atoms with Crippen LogP contribution in [0, 0.1) is 11.8 Å². The lowest BCUT2D eigenvalue weighted by molar-refractivity contribution is -0.141. The Morgan fingerprint density at radius 2 is 1.95 bits per heavy atom. The van der Waals surface area contributed by atoms with Crippen LogP contribution < -0.4 is 5.32 Å². The molecule has 1 aliphatic carbocycles. The third kappa shape index (κ3) is 4.67. The molecule has 0 bridgehead atoms. The maximum absolute atomic E-state index is 12.3. The minimum atomic E-state index is -0.906. The molecule has 1 saturated carbocycles. The molecule has 6 nitrogen and oxygen atoms in total. The zero-order valence-corrected chi connectivity index (χ0v) is 12.8. The average Bonchev–Trinajstić information content (AvgIpc) is 3.21. The number of methoxy groups -OCH3 is 1. The highest BCUT2D eigenvalue weighted by molar-refractivity contribution is 5.77. The zero-order chi connectivity index (χ0) is 15.3. The Bertz CT molecular complexity index is 344. The van der Waals surface area contributed by atoms with Gasteiger partial charge < -0.3 is 20.1 Å². The number of aliphatic carboxylic acids is 1. The number of hydrogen-bond acceptors (Lipinski definition) is 3. The van der Waals surface area contributed by atoms with E-state index in [-0.39, 0.29) is 12.1 Å². The number of ether oxygens (including phenoxy) is 1. The smallest absolute Gasteiger partial charge is 0.317 e. The maximum atomic E-state index is 12.3. The van der Waals surface area contributed by atoms with Crippen LogP contribution in [-0.2, 0) is 9.53 Å². The molecule has 1 fully saturated rings. The van der Waals surface area contributed by atoms with Crippen LogP contribution >= 0.6 is 0 Å². The van der Waals surface area contributed by atoms with E-state index >= 15 is 0 Å². The summed E-state index contributed by atoms with van der Waals surface area (Å²) < 4.78 is 5.05. The molecule has 0 radical (unpaired) electrons. The van der Waals surface area contributed by atoms with Gasteiger partial charge >= 0.3 is 12.0 Å². The fourth-order valence-electron chi connectivity index (χ4n) is 2.13. The number of nitrogens with zero attached hydrogens (tertiary/aromatic N) is 1. The van der Waals surface area contributed by atoms with Gasteiger partial charge in [0.15, 0.2) is 0 Å². The van der Waals surface area contributed by atoms with Crippen molar-refractivity contribution in [2.75, 3.05) is 20.3 Å². The summed E-state index contributed by atoms with van der Waals surface area (Å²) >= 11 is 0. The first kappa shape index (κ1) is 16.8. The SMILES string of the molecule is COCCN(C(=O)NC(C)C(C)C(=O)O)C(C)C1CC1. The average molecular weight is 286 g/mol. The fourth-order valence-corrected chi connectivity index (χ4v) is 2.13. The van der Waals surface area contributed by atoms with Crippen LogP contribution in [-0.4, -0.2) is 54.4 Å². The first-order valence-corrected chi connectivity index (χ1v) is 7.17. The van der Waals surface area contributed by atoms with Crippen LogP contribution in [0.4, 0.5) is 4.79 Å². The van der Waals surface area contributed by atoms with Crippen molar-refractivity contribution >= 4 is 12.0 Å². The van der Waals surface area contributed by atoms with E-state index in [1.165, 1.54) is 0 Å². The Morgan fingerprint density at radius 3 is 2.40 bits per heavy atom. The van der Waals surface area contributed by atoms with Crippen LogP contribution in [0.25, 0.3) is 0 Å². The van der Waals surface area contributed by atoms with Crippen molar-refractivity contribution in [2.45, 2.75) is 45.7 Å². The zero-order valence-electron chi connectivity index (χ0n) is 12.8. The molecule has 3 unspecified atom stereocenters. The Morgan fingerprint density at radius 1 is 1.35 bits per heavy atom. The van der Waals surface area contributed by atoms with Gasteiger partial charge in [-0.15, -0.1) is 0 Å². The molecule has 0 spiro atoms. The first-order valence-electron chi connectivity index (χ1n) is 7.17. The van der Waals surface area contributed by atoms with Crippen LogP contribution in [0.2, 0.25) is 0 Å². The van der Waals surface area contributed by atoms with Gasteiger partial charge in [0.25, 0.3) is 0 Å². The molecule has 1 aliphatic rings. The van der Waals surface area contributed by atoms with Crippen molar-refractivity contribution in [3.05, 3.63) is 0 Å². The number of nitrogens with one attached hydrogen (secondary N) is 1. The number of carboxylic acid groups (broad SMARTS) is 1. The van der Waals surface area contributed by atoms with Crippen LogP contribution in [0.5, 0.6) is 0 Å². The van der Waals surface area contributed by atoms with Crippen LogP contribution in [0.3, 0.4) is 0 Å². The number of amides is 2. The summed E-state index contributed by atoms with van der Waals surface area (Å²) in [7, 11) is 1.60. The third-order valence-corrected chi connectivity index (χ3v) is 4.08. The van der Waals surface area contributed by atoms with E-state index in [9.17, 15) is 9.59 Å². The molecule has 20 heavy (non-hydrogen) atoms. The minimum absolute atomic E-state index is 0.164. The highest BCUT2D eigenvalue weighted by Crippen LogP contribution is 2.35. The molecular formula is C14H26N2O4. The topological polar surface area (TPSA) is 78.9 Å². The largest absolute Gasteiger partial charge is 0.481 e. The van der Waals surface area contributed by atoms with Crippen LogP contribution in [0.15, 0.2) is 0 Å². The quantitative estimate of drug-likeness (QED) is 0.709. The molecule has 0 aromatic heterocycles. The molecule has 3 atom stereocenters. The normalized spacial score (nSPS) is 19.0. The molecule has 0 aliphatic heterocycles. The summed E-state index contributed by atoms with van der Waals surface area (Å²) in [6, 6.07) is -0.448. The summed E-state index contributed by atoms with van der Waals surface area (Å²) in [5.41, 5.74) is 0. The molecular weight excluding hydrogens is 260 g/mol. The predicted molar refractivity (Wildman–Crippen MR) is 75.6 cm³/mol. The molecule has 116 valence electrons. The van der Waals surface area contributed by atoms with E-state index in [0.29, 0.717) is 19.1 Å². The Labute approximate surface area is 120 Å². The standard InChI is InChI=1S/C14H26N2O4/c1-9(13(17)18)10(2)15-14(19)16(7-8-20-4)11(3)12-5-6-12/h9-12H,5-8H2,1-4H3,(H,15,19)(H,17,18). The van der Waals surface area contributed by atoms with Crippen molar-refractivity contribution in [2.24, 2.45) is 11.8 Å². The van der Waals surface area contributed by atoms with Crippen molar-refractivity contribution in [1.29, 1.82) is 0 Å². The molecule has 6 heteroatoms. The molecule has 0 saturated heterocycles. The maximum Gasteiger partial charge on any atom is 0.317 e. The second-order valence-electron chi connectivity index (χ2n) is 5.63. The second kappa shape index (κ2) is 7.47. The van der Waals surface area contributed by atoms with E-state index in [0.717, 1.165) is 12.8 Å². The van der Waals surface area contributed by atoms with E-state index in [2.05, 4.69) is 5.32 Å². The lowest BCUT2D eigenvalue weighted by Crippen LogP contribution is -2.51. The van der Waals surface area contributed by atoms with Gasteiger partial charge in [-0.2, -0.15) is 0 Å². The van der Waals surface area contributed by atoms with E-state index < -0.39 is 17.9 Å². The lowest BCUT2D eigenvalue weighted by Gasteiger charge is -2.31. The lowest BCUT2D eigenvalue weighted by atomic mass is 10.0. The molecule has 0 heterocycles. The number of carboxylic acids is 1. The van der Waals surface area contributed by atoms with Gasteiger partial charge in [0.1, 0.15) is 0 Å². The van der Waals surface area contributed by atoms with Gasteiger partial charge in [-0.25, -0.2) is 4.79 Å². The number of hydrogen-bond donors (Lipinski definition) is 2. The summed E-state index contributed by atoms with van der Waals surface area (Å²) in [6.45, 7) is 6.35. The Kier molecular flexibility index (Phi) is 6.26. The monoisotopic (exact) mass is 286 g/mol. The first-order chi connectivity index (χ1) is 9.38. The molecule has 2 N–H and O–H groups in total.